The van der Waals surface area contributed by atoms with Crippen molar-refractivity contribution in [3.8, 4) is 11.1 Å². The van der Waals surface area contributed by atoms with Gasteiger partial charge in [-0.2, -0.15) is 0 Å². The van der Waals surface area contributed by atoms with Crippen molar-refractivity contribution < 1.29 is 23.1 Å². The number of halogens is 3. The second-order valence-electron chi connectivity index (χ2n) is 6.41. The Hall–Kier alpha value is -3.68. The van der Waals surface area contributed by atoms with Gasteiger partial charge in [0.05, 0.1) is 28.5 Å². The lowest BCUT2D eigenvalue weighted by atomic mass is 9.99. The Kier molecular flexibility index (Phi) is 4.54. The Balaban J connectivity index is 2.08. The molecule has 0 fully saturated rings. The highest BCUT2D eigenvalue weighted by Gasteiger charge is 2.23. The van der Waals surface area contributed by atoms with E-state index in [1.165, 1.54) is 6.07 Å². The summed E-state index contributed by atoms with van der Waals surface area (Å²) < 4.78 is 44.3. The van der Waals surface area contributed by atoms with Crippen molar-refractivity contribution in [2.75, 3.05) is 6.67 Å². The zero-order chi connectivity index (χ0) is 20.7. The molecule has 0 radical (unpaired) electrons. The summed E-state index contributed by atoms with van der Waals surface area (Å²) in [4.78, 5) is 27.9. The summed E-state index contributed by atoms with van der Waals surface area (Å²) in [6.07, 6.45) is 2.47. The Labute approximate surface area is 161 Å². The predicted octanol–water partition coefficient (Wildman–Crippen LogP) is 4.16. The average Bonchev–Trinajstić information content (AvgIpc) is 2.69. The van der Waals surface area contributed by atoms with Crippen molar-refractivity contribution in [2.45, 2.75) is 6.54 Å². The number of hydrogen-bond acceptors (Lipinski definition) is 3. The van der Waals surface area contributed by atoms with Gasteiger partial charge in [-0.25, -0.2) is 18.0 Å². The van der Waals surface area contributed by atoms with E-state index in [9.17, 15) is 23.5 Å². The van der Waals surface area contributed by atoms with Crippen LogP contribution in [-0.4, -0.2) is 27.3 Å². The topological polar surface area (TPSA) is 72.2 Å². The number of hydrogen-bond donors (Lipinski definition) is 1. The van der Waals surface area contributed by atoms with Crippen LogP contribution in [0.3, 0.4) is 0 Å². The molecule has 2 aromatic carbocycles. The van der Waals surface area contributed by atoms with Crippen molar-refractivity contribution in [1.29, 1.82) is 0 Å². The lowest BCUT2D eigenvalue weighted by Gasteiger charge is -2.15. The molecule has 4 aromatic rings. The summed E-state index contributed by atoms with van der Waals surface area (Å²) in [6.45, 7) is -1.31. The fraction of sp³-hybridized carbons (Fsp3) is 0.0952. The molecule has 1 N–H and O–H groups in total. The summed E-state index contributed by atoms with van der Waals surface area (Å²) >= 11 is 0. The first-order valence-electron chi connectivity index (χ1n) is 8.62. The van der Waals surface area contributed by atoms with Gasteiger partial charge in [0.25, 0.3) is 0 Å². The molecule has 0 unspecified atom stereocenters. The normalized spacial score (nSPS) is 11.3. The maximum atomic E-state index is 15.4. The van der Waals surface area contributed by atoms with Gasteiger partial charge >= 0.3 is 5.97 Å². The van der Waals surface area contributed by atoms with Gasteiger partial charge in [0.1, 0.15) is 18.1 Å². The first-order chi connectivity index (χ1) is 13.9. The lowest BCUT2D eigenvalue weighted by Crippen LogP contribution is -2.20. The van der Waals surface area contributed by atoms with Gasteiger partial charge < -0.3 is 9.67 Å². The van der Waals surface area contributed by atoms with Crippen LogP contribution in [0.1, 0.15) is 10.4 Å². The van der Waals surface area contributed by atoms with Crippen LogP contribution in [0.2, 0.25) is 0 Å². The fourth-order valence-electron chi connectivity index (χ4n) is 3.40. The number of alkyl halides is 1. The van der Waals surface area contributed by atoms with Crippen LogP contribution in [-0.2, 0) is 6.54 Å². The van der Waals surface area contributed by atoms with E-state index in [0.717, 1.165) is 16.8 Å². The molecule has 0 amide bonds. The molecule has 0 saturated heterocycles. The number of carboxylic acids is 1. The number of aryl methyl sites for hydroxylation is 1. The van der Waals surface area contributed by atoms with E-state index in [4.69, 9.17) is 0 Å². The highest BCUT2D eigenvalue weighted by atomic mass is 19.1. The largest absolute Gasteiger partial charge is 0.477 e. The number of benzene rings is 2. The summed E-state index contributed by atoms with van der Waals surface area (Å²) in [5.41, 5.74) is -1.61. The number of rotatable bonds is 4. The monoisotopic (exact) mass is 398 g/mol. The molecule has 0 bridgehead atoms. The van der Waals surface area contributed by atoms with Crippen molar-refractivity contribution in [3.63, 3.8) is 0 Å². The molecule has 5 nitrogen and oxygen atoms in total. The van der Waals surface area contributed by atoms with E-state index >= 15 is 4.39 Å². The number of nitrogens with zero attached hydrogens (tertiary/aromatic N) is 2. The molecule has 29 heavy (non-hydrogen) atoms. The van der Waals surface area contributed by atoms with Crippen LogP contribution in [0.5, 0.6) is 0 Å². The number of carboxylic acid groups (broad SMARTS) is 1. The van der Waals surface area contributed by atoms with Gasteiger partial charge in [0, 0.05) is 17.8 Å². The van der Waals surface area contributed by atoms with E-state index < -0.39 is 46.2 Å². The molecule has 8 heteroatoms. The molecule has 2 aromatic heterocycles. The third-order valence-corrected chi connectivity index (χ3v) is 4.70. The van der Waals surface area contributed by atoms with Gasteiger partial charge in [-0.05, 0) is 29.8 Å². The molecule has 0 atom stereocenters. The number of pyridine rings is 2. The minimum Gasteiger partial charge on any atom is -0.477 e. The molecule has 4 rings (SSSR count). The third kappa shape index (κ3) is 3.02. The van der Waals surface area contributed by atoms with E-state index in [1.807, 2.05) is 0 Å². The van der Waals surface area contributed by atoms with E-state index in [2.05, 4.69) is 4.98 Å². The number of aromatic carboxylic acids is 1. The molecule has 2 heterocycles. The van der Waals surface area contributed by atoms with Gasteiger partial charge in [-0.1, -0.05) is 12.1 Å². The zero-order valence-electron chi connectivity index (χ0n) is 14.8. The molecule has 0 spiro atoms. The summed E-state index contributed by atoms with van der Waals surface area (Å²) in [5, 5.41) is 9.39. The van der Waals surface area contributed by atoms with Crippen molar-refractivity contribution >= 4 is 27.8 Å². The maximum absolute atomic E-state index is 15.4. The molecular weight excluding hydrogens is 385 g/mol. The quantitative estimate of drug-likeness (QED) is 0.560. The molecule has 0 aliphatic heterocycles. The highest BCUT2D eigenvalue weighted by Crippen LogP contribution is 2.32. The second-order valence-corrected chi connectivity index (χ2v) is 6.41. The van der Waals surface area contributed by atoms with Gasteiger partial charge in [0.2, 0.25) is 5.43 Å². The van der Waals surface area contributed by atoms with Crippen LogP contribution < -0.4 is 5.43 Å². The Morgan fingerprint density at radius 3 is 2.69 bits per heavy atom. The van der Waals surface area contributed by atoms with Crippen LogP contribution in [0.15, 0.2) is 53.6 Å². The van der Waals surface area contributed by atoms with Crippen LogP contribution in [0.4, 0.5) is 13.2 Å². The molecule has 0 aliphatic rings. The predicted molar refractivity (Wildman–Crippen MR) is 102 cm³/mol. The van der Waals surface area contributed by atoms with E-state index in [1.54, 1.807) is 30.5 Å². The maximum Gasteiger partial charge on any atom is 0.341 e. The van der Waals surface area contributed by atoms with Gasteiger partial charge in [-0.15, -0.1) is 0 Å². The number of aromatic nitrogens is 2. The smallest absolute Gasteiger partial charge is 0.341 e. The zero-order valence-corrected chi connectivity index (χ0v) is 14.8. The highest BCUT2D eigenvalue weighted by molar-refractivity contribution is 5.95. The minimum atomic E-state index is -1.56. The van der Waals surface area contributed by atoms with Crippen LogP contribution >= 0.6 is 0 Å². The summed E-state index contributed by atoms with van der Waals surface area (Å²) in [7, 11) is 0. The summed E-state index contributed by atoms with van der Waals surface area (Å²) in [5.74, 6) is -3.65. The van der Waals surface area contributed by atoms with E-state index in [-0.39, 0.29) is 17.6 Å². The minimum absolute atomic E-state index is 0.212. The number of carbonyl (C=O) groups is 1. The molecule has 146 valence electrons. The molecular formula is C21H13F3N2O3. The van der Waals surface area contributed by atoms with Crippen LogP contribution in [0, 0.1) is 11.6 Å². The first-order valence-corrected chi connectivity index (χ1v) is 8.62. The van der Waals surface area contributed by atoms with E-state index in [0.29, 0.717) is 10.9 Å². The van der Waals surface area contributed by atoms with Crippen LogP contribution in [0.25, 0.3) is 32.9 Å². The lowest BCUT2D eigenvalue weighted by molar-refractivity contribution is 0.0694. The fourth-order valence-corrected chi connectivity index (χ4v) is 3.40. The first kappa shape index (κ1) is 18.7. The average molecular weight is 398 g/mol. The van der Waals surface area contributed by atoms with Crippen molar-refractivity contribution in [3.05, 3.63) is 76.2 Å². The Morgan fingerprint density at radius 1 is 1.17 bits per heavy atom. The molecule has 0 aliphatic carbocycles. The molecule has 0 saturated carbocycles. The van der Waals surface area contributed by atoms with Gasteiger partial charge in [0.15, 0.2) is 5.82 Å². The standard InChI is InChI=1S/C21H13F3N2O3/c22-5-7-26-10-14(21(28)29)20(27)13-9-15(23)17(18(24)19(13)26)12-3-4-16-11(8-12)2-1-6-25-16/h1-4,6,8-10H,5,7H2,(H,28,29). The number of fused-ring (bicyclic) bond motifs is 2. The second kappa shape index (κ2) is 7.05. The third-order valence-electron chi connectivity index (χ3n) is 4.70. The Bertz CT molecular complexity index is 1350. The Morgan fingerprint density at radius 2 is 1.97 bits per heavy atom. The van der Waals surface area contributed by atoms with Crippen molar-refractivity contribution in [2.24, 2.45) is 0 Å². The SMILES string of the molecule is O=C(O)c1cn(CCF)c2c(F)c(-c3ccc4ncccc4c3)c(F)cc2c1=O. The summed E-state index contributed by atoms with van der Waals surface area (Å²) in [6, 6.07) is 8.87. The van der Waals surface area contributed by atoms with Gasteiger partial charge in [-0.3, -0.25) is 9.78 Å². The van der Waals surface area contributed by atoms with Crippen molar-refractivity contribution in [1.82, 2.24) is 9.55 Å².